The summed E-state index contributed by atoms with van der Waals surface area (Å²) >= 11 is 0. The Labute approximate surface area is 227 Å². The zero-order chi connectivity index (χ0) is 27.6. The number of nitrogens with one attached hydrogen (secondary N) is 1. The van der Waals surface area contributed by atoms with Gasteiger partial charge < -0.3 is 34.4 Å². The highest BCUT2D eigenvalue weighted by atomic mass is 16.6. The van der Waals surface area contributed by atoms with Gasteiger partial charge in [0.25, 0.3) is 0 Å². The van der Waals surface area contributed by atoms with Crippen LogP contribution in [0.15, 0.2) is 24.3 Å². The molecular formula is C27H38N4O8. The minimum Gasteiger partial charge on any atom is -0.460 e. The maximum Gasteiger partial charge on any atom is 0.313 e. The number of rotatable bonds is 5. The van der Waals surface area contributed by atoms with Gasteiger partial charge in [-0.1, -0.05) is 24.3 Å². The highest BCUT2D eigenvalue weighted by Crippen LogP contribution is 2.53. The first-order valence-corrected chi connectivity index (χ1v) is 13.9. The quantitative estimate of drug-likeness (QED) is 0.318. The average molecular weight is 547 g/mol. The summed E-state index contributed by atoms with van der Waals surface area (Å²) in [5.41, 5.74) is -1.38. The van der Waals surface area contributed by atoms with Gasteiger partial charge in [-0.25, -0.2) is 0 Å². The zero-order valence-corrected chi connectivity index (χ0v) is 22.3. The summed E-state index contributed by atoms with van der Waals surface area (Å²) < 4.78 is 17.7. The van der Waals surface area contributed by atoms with Crippen LogP contribution in [0.5, 0.6) is 0 Å². The second kappa shape index (κ2) is 11.7. The Hall–Kier alpha value is -2.80. The van der Waals surface area contributed by atoms with Crippen molar-refractivity contribution in [2.75, 3.05) is 65.6 Å². The van der Waals surface area contributed by atoms with Gasteiger partial charge in [0.1, 0.15) is 23.7 Å². The van der Waals surface area contributed by atoms with Crippen LogP contribution in [0.1, 0.15) is 19.8 Å². The van der Waals surface area contributed by atoms with Crippen LogP contribution >= 0.6 is 0 Å². The first-order chi connectivity index (χ1) is 18.9. The Morgan fingerprint density at radius 3 is 2.64 bits per heavy atom. The molecule has 12 nitrogen and oxygen atoms in total. The Kier molecular flexibility index (Phi) is 8.36. The Morgan fingerprint density at radius 2 is 1.87 bits per heavy atom. The molecule has 3 fully saturated rings. The minimum absolute atomic E-state index is 0.0489. The molecule has 12 heteroatoms. The maximum absolute atomic E-state index is 14.1. The lowest BCUT2D eigenvalue weighted by atomic mass is 9.78. The molecule has 0 aromatic carbocycles. The number of amides is 3. The zero-order valence-electron chi connectivity index (χ0n) is 22.3. The Balaban J connectivity index is 1.46. The third-order valence-electron chi connectivity index (χ3n) is 8.25. The summed E-state index contributed by atoms with van der Waals surface area (Å²) in [5.74, 6) is -3.40. The van der Waals surface area contributed by atoms with Crippen molar-refractivity contribution in [3.05, 3.63) is 24.3 Å². The number of aliphatic hydroxyl groups excluding tert-OH is 1. The monoisotopic (exact) mass is 546 g/mol. The lowest BCUT2D eigenvalue weighted by Crippen LogP contribution is -2.56. The number of fused-ring (bicyclic) bond motifs is 2. The van der Waals surface area contributed by atoms with Crippen LogP contribution in [0, 0.1) is 11.8 Å². The number of nitrogens with zero attached hydrogens (tertiary/aromatic N) is 3. The Morgan fingerprint density at radius 1 is 1.08 bits per heavy atom. The summed E-state index contributed by atoms with van der Waals surface area (Å²) in [6.07, 6.45) is 6.39. The number of allylic oxidation sites excluding steroid dienone is 1. The van der Waals surface area contributed by atoms with Gasteiger partial charge in [0.05, 0.1) is 38.4 Å². The highest BCUT2D eigenvalue weighted by Gasteiger charge is 2.71. The number of morpholine rings is 1. The second-order valence-corrected chi connectivity index (χ2v) is 10.8. The molecule has 5 aliphatic heterocycles. The smallest absolute Gasteiger partial charge is 0.313 e. The van der Waals surface area contributed by atoms with Gasteiger partial charge in [0, 0.05) is 45.7 Å². The molecule has 0 aliphatic carbocycles. The van der Waals surface area contributed by atoms with Gasteiger partial charge in [-0.05, 0) is 13.3 Å². The number of carbonyl (C=O) groups excluding carboxylic acids is 4. The maximum atomic E-state index is 14.1. The predicted molar refractivity (Wildman–Crippen MR) is 137 cm³/mol. The van der Waals surface area contributed by atoms with Gasteiger partial charge >= 0.3 is 5.97 Å². The van der Waals surface area contributed by atoms with Crippen molar-refractivity contribution in [3.63, 3.8) is 0 Å². The van der Waals surface area contributed by atoms with Crippen molar-refractivity contribution in [3.8, 4) is 0 Å². The summed E-state index contributed by atoms with van der Waals surface area (Å²) in [6, 6.07) is -1.02. The van der Waals surface area contributed by atoms with E-state index in [1.54, 1.807) is 30.1 Å². The fourth-order valence-electron chi connectivity index (χ4n) is 6.34. The van der Waals surface area contributed by atoms with Crippen molar-refractivity contribution in [2.24, 2.45) is 11.8 Å². The fourth-order valence-corrected chi connectivity index (χ4v) is 6.34. The molecule has 0 unspecified atom stereocenters. The van der Waals surface area contributed by atoms with Gasteiger partial charge in [-0.3, -0.25) is 24.1 Å². The number of hydrogen-bond acceptors (Lipinski definition) is 9. The highest BCUT2D eigenvalue weighted by molar-refractivity contribution is 5.99. The summed E-state index contributed by atoms with van der Waals surface area (Å²) in [7, 11) is 0. The first-order valence-electron chi connectivity index (χ1n) is 13.9. The van der Waals surface area contributed by atoms with E-state index in [2.05, 4.69) is 10.2 Å². The summed E-state index contributed by atoms with van der Waals surface area (Å²) in [6.45, 7) is 5.85. The molecule has 2 N–H and O–H groups in total. The number of carbonyl (C=O) groups is 4. The fraction of sp³-hybridized carbons (Fsp3) is 0.704. The molecule has 1 spiro atoms. The third-order valence-corrected chi connectivity index (χ3v) is 8.25. The molecule has 0 radical (unpaired) electrons. The molecule has 5 heterocycles. The van der Waals surface area contributed by atoms with E-state index in [0.717, 1.165) is 13.1 Å². The van der Waals surface area contributed by atoms with Gasteiger partial charge in [-0.15, -0.1) is 0 Å². The molecule has 5 rings (SSSR count). The van der Waals surface area contributed by atoms with Crippen LogP contribution in [0.2, 0.25) is 0 Å². The number of esters is 1. The van der Waals surface area contributed by atoms with Crippen molar-refractivity contribution in [2.45, 2.75) is 43.6 Å². The predicted octanol–water partition coefficient (Wildman–Crippen LogP) is -1.31. The molecular weight excluding hydrogens is 508 g/mol. The SMILES string of the molecule is C[C@@H]1CNC(=O)CC/C=C\[C@H]2O[C@]34C=CCN(CCN5CCOCC5)C(=O)[C@H]3N(CCO)C(=O)[C@@H]4[C@H]2C(=O)O1. The van der Waals surface area contributed by atoms with Crippen molar-refractivity contribution >= 4 is 23.7 Å². The van der Waals surface area contributed by atoms with E-state index in [-0.39, 0.29) is 37.9 Å². The van der Waals surface area contributed by atoms with Crippen LogP contribution in [0.4, 0.5) is 0 Å². The van der Waals surface area contributed by atoms with Crippen LogP contribution in [0.25, 0.3) is 0 Å². The van der Waals surface area contributed by atoms with E-state index in [0.29, 0.717) is 39.3 Å². The van der Waals surface area contributed by atoms with Crippen molar-refractivity contribution in [1.29, 1.82) is 0 Å². The lowest BCUT2D eigenvalue weighted by Gasteiger charge is -2.36. The van der Waals surface area contributed by atoms with Gasteiger partial charge in [-0.2, -0.15) is 0 Å². The number of hydrogen-bond donors (Lipinski definition) is 2. The molecule has 3 saturated heterocycles. The second-order valence-electron chi connectivity index (χ2n) is 10.8. The standard InChI is InChI=1S/C27H38N4O8/c1-18-17-28-20(33)6-3-2-5-19-21(26(36)38-18)22-24(34)31(11-14-32)23-25(35)30(8-4-7-27(22,23)39-19)10-9-29-12-15-37-16-13-29/h2,4-5,7,18-19,21-23,32H,3,6,8-17H2,1H3,(H,28,33)/b5-2-/t18-,19-,21+,22+,23-,27+/m1/s1. The molecule has 6 atom stereocenters. The molecule has 0 saturated carbocycles. The molecule has 5 aliphatic rings. The van der Waals surface area contributed by atoms with E-state index in [1.807, 2.05) is 6.08 Å². The topological polar surface area (TPSA) is 138 Å². The van der Waals surface area contributed by atoms with Crippen LogP contribution in [-0.2, 0) is 33.4 Å². The largest absolute Gasteiger partial charge is 0.460 e. The number of likely N-dealkylation sites (tertiary alicyclic amines) is 1. The van der Waals surface area contributed by atoms with E-state index < -0.39 is 47.6 Å². The number of cyclic esters (lactones) is 1. The van der Waals surface area contributed by atoms with Crippen LogP contribution < -0.4 is 5.32 Å². The average Bonchev–Trinajstić information content (AvgIpc) is 3.30. The number of β-amino-alcohol motifs (C(OH)–C–C–N with tert-alkyl or cyclic N) is 1. The van der Waals surface area contributed by atoms with Crippen LogP contribution in [0.3, 0.4) is 0 Å². The number of aliphatic hydroxyl groups is 1. The van der Waals surface area contributed by atoms with Crippen molar-refractivity contribution < 1.29 is 38.5 Å². The van der Waals surface area contributed by atoms with E-state index in [4.69, 9.17) is 14.2 Å². The molecule has 0 aromatic rings. The van der Waals surface area contributed by atoms with E-state index in [1.165, 1.54) is 4.90 Å². The normalized spacial score (nSPS) is 36.7. The van der Waals surface area contributed by atoms with E-state index >= 15 is 0 Å². The summed E-state index contributed by atoms with van der Waals surface area (Å²) in [4.78, 5) is 58.9. The molecule has 0 bridgehead atoms. The lowest BCUT2D eigenvalue weighted by molar-refractivity contribution is -0.158. The van der Waals surface area contributed by atoms with Crippen molar-refractivity contribution in [1.82, 2.24) is 20.0 Å². The van der Waals surface area contributed by atoms with E-state index in [9.17, 15) is 24.3 Å². The molecule has 0 aromatic heterocycles. The third kappa shape index (κ3) is 5.34. The Bertz CT molecular complexity index is 1030. The summed E-state index contributed by atoms with van der Waals surface area (Å²) in [5, 5.41) is 12.6. The first kappa shape index (κ1) is 27.8. The van der Waals surface area contributed by atoms with Gasteiger partial charge in [0.2, 0.25) is 17.7 Å². The molecule has 3 amide bonds. The van der Waals surface area contributed by atoms with Gasteiger partial charge in [0.15, 0.2) is 0 Å². The number of ether oxygens (including phenoxy) is 3. The molecule has 39 heavy (non-hydrogen) atoms. The minimum atomic E-state index is -1.38. The van der Waals surface area contributed by atoms with Crippen LogP contribution in [-0.4, -0.2) is 133 Å². The molecule has 214 valence electrons.